The monoisotopic (exact) mass is 586 g/mol. The molecule has 0 amide bonds. The first-order valence-electron chi connectivity index (χ1n) is 14.2. The number of nitrogens with zero attached hydrogens (tertiary/aromatic N) is 3. The van der Waals surface area contributed by atoms with E-state index in [0.717, 1.165) is 67.0 Å². The van der Waals surface area contributed by atoms with Gasteiger partial charge in [0.15, 0.2) is 23.0 Å². The molecule has 226 valence electrons. The maximum atomic E-state index is 6.10. The predicted molar refractivity (Wildman–Crippen MR) is 168 cm³/mol. The maximum absolute atomic E-state index is 6.10. The number of rotatable bonds is 13. The van der Waals surface area contributed by atoms with Crippen LogP contribution in [0.25, 0.3) is 23.1 Å². The van der Waals surface area contributed by atoms with Crippen LogP contribution in [0.3, 0.4) is 0 Å². The smallest absolute Gasteiger partial charge is 0.203 e. The second-order valence-corrected chi connectivity index (χ2v) is 9.94. The Morgan fingerprint density at radius 3 is 2.16 bits per heavy atom. The molecule has 0 atom stereocenters. The summed E-state index contributed by atoms with van der Waals surface area (Å²) in [5, 5.41) is 4.26. The molecule has 1 N–H and O–H groups in total. The number of fused-ring (bicyclic) bond motifs is 1. The second-order valence-electron chi connectivity index (χ2n) is 9.94. The molecule has 10 heteroatoms. The van der Waals surface area contributed by atoms with E-state index in [-0.39, 0.29) is 0 Å². The van der Waals surface area contributed by atoms with Crippen LogP contribution in [0.5, 0.6) is 28.7 Å². The molecule has 0 aliphatic carbocycles. The van der Waals surface area contributed by atoms with Crippen molar-refractivity contribution < 1.29 is 28.4 Å². The molecule has 10 nitrogen and oxygen atoms in total. The van der Waals surface area contributed by atoms with Gasteiger partial charge in [-0.1, -0.05) is 24.3 Å². The lowest BCUT2D eigenvalue weighted by Crippen LogP contribution is -2.37. The zero-order valence-corrected chi connectivity index (χ0v) is 25.1. The molecular weight excluding hydrogens is 548 g/mol. The molecule has 0 bridgehead atoms. The minimum Gasteiger partial charge on any atom is -0.493 e. The van der Waals surface area contributed by atoms with Crippen molar-refractivity contribution in [3.63, 3.8) is 0 Å². The molecule has 1 aromatic heterocycles. The van der Waals surface area contributed by atoms with Gasteiger partial charge in [0.2, 0.25) is 5.75 Å². The first-order valence-corrected chi connectivity index (χ1v) is 14.2. The van der Waals surface area contributed by atoms with Crippen LogP contribution in [0, 0.1) is 0 Å². The van der Waals surface area contributed by atoms with E-state index in [1.54, 1.807) is 34.8 Å². The van der Waals surface area contributed by atoms with Gasteiger partial charge < -0.3 is 33.7 Å². The largest absolute Gasteiger partial charge is 0.493 e. The van der Waals surface area contributed by atoms with Crippen molar-refractivity contribution in [3.05, 3.63) is 66.0 Å². The first-order chi connectivity index (χ1) is 21.1. The Hall–Kier alpha value is -4.54. The van der Waals surface area contributed by atoms with E-state index in [4.69, 9.17) is 28.4 Å². The van der Waals surface area contributed by atoms with Crippen molar-refractivity contribution in [1.29, 1.82) is 0 Å². The standard InChI is InChI=1S/C33H38N4O6/c1-38-28-20-26-27(21-29(28)43-15-5-12-37-13-16-42-17-14-37)34-22-35-33(26)36-25-10-8-23(9-11-25)6-7-24-18-30(39-2)32(41-4)31(19-24)40-3/h6-11,18-22H,5,12-17H2,1-4H3,(H,34,35,36)/b7-6+. The van der Waals surface area contributed by atoms with Crippen LogP contribution in [0.15, 0.2) is 54.9 Å². The Labute approximate surface area is 252 Å². The molecule has 1 aliphatic heterocycles. The first kappa shape index (κ1) is 29.9. The number of ether oxygens (including phenoxy) is 6. The third-order valence-electron chi connectivity index (χ3n) is 7.23. The summed E-state index contributed by atoms with van der Waals surface area (Å²) in [4.78, 5) is 11.4. The van der Waals surface area contributed by atoms with E-state index in [9.17, 15) is 0 Å². The molecule has 1 aliphatic rings. The van der Waals surface area contributed by atoms with Gasteiger partial charge in [0, 0.05) is 36.8 Å². The molecule has 0 spiro atoms. The molecular formula is C33H38N4O6. The highest BCUT2D eigenvalue weighted by Crippen LogP contribution is 2.39. The minimum absolute atomic E-state index is 0.565. The lowest BCUT2D eigenvalue weighted by molar-refractivity contribution is 0.0357. The van der Waals surface area contributed by atoms with Crippen molar-refractivity contribution in [1.82, 2.24) is 14.9 Å². The summed E-state index contributed by atoms with van der Waals surface area (Å²) in [5.74, 6) is 3.78. The summed E-state index contributed by atoms with van der Waals surface area (Å²) in [6.07, 6.45) is 6.50. The highest BCUT2D eigenvalue weighted by atomic mass is 16.5. The van der Waals surface area contributed by atoms with Crippen LogP contribution < -0.4 is 29.0 Å². The summed E-state index contributed by atoms with van der Waals surface area (Å²) < 4.78 is 33.5. The van der Waals surface area contributed by atoms with Crippen LogP contribution in [-0.4, -0.2) is 82.8 Å². The van der Waals surface area contributed by atoms with E-state index in [1.807, 2.05) is 60.7 Å². The van der Waals surface area contributed by atoms with Gasteiger partial charge in [-0.05, 0) is 47.9 Å². The van der Waals surface area contributed by atoms with E-state index >= 15 is 0 Å². The van der Waals surface area contributed by atoms with Gasteiger partial charge in [-0.15, -0.1) is 0 Å². The van der Waals surface area contributed by atoms with E-state index in [2.05, 4.69) is 20.2 Å². The Balaban J connectivity index is 1.26. The predicted octanol–water partition coefficient (Wildman–Crippen LogP) is 5.68. The number of hydrogen-bond acceptors (Lipinski definition) is 10. The molecule has 1 fully saturated rings. The summed E-state index contributed by atoms with van der Waals surface area (Å²) >= 11 is 0. The molecule has 2 heterocycles. The number of benzene rings is 3. The molecule has 4 aromatic rings. The Morgan fingerprint density at radius 2 is 1.49 bits per heavy atom. The number of aromatic nitrogens is 2. The zero-order valence-electron chi connectivity index (χ0n) is 25.1. The van der Waals surface area contributed by atoms with Crippen molar-refractivity contribution in [3.8, 4) is 28.7 Å². The summed E-state index contributed by atoms with van der Waals surface area (Å²) in [5.41, 5.74) is 3.63. The molecule has 3 aromatic carbocycles. The number of nitrogens with one attached hydrogen (secondary N) is 1. The van der Waals surface area contributed by atoms with Gasteiger partial charge in [-0.3, -0.25) is 4.90 Å². The minimum atomic E-state index is 0.565. The fraction of sp³-hybridized carbons (Fsp3) is 0.333. The molecule has 0 unspecified atom stereocenters. The molecule has 1 saturated heterocycles. The average Bonchev–Trinajstić information content (AvgIpc) is 3.06. The van der Waals surface area contributed by atoms with Crippen LogP contribution in [0.2, 0.25) is 0 Å². The second kappa shape index (κ2) is 14.6. The quantitative estimate of drug-likeness (QED) is 0.156. The van der Waals surface area contributed by atoms with E-state index < -0.39 is 0 Å². The average molecular weight is 587 g/mol. The summed E-state index contributed by atoms with van der Waals surface area (Å²) in [7, 11) is 6.45. The van der Waals surface area contributed by atoms with E-state index in [1.165, 1.54) is 0 Å². The molecule has 43 heavy (non-hydrogen) atoms. The fourth-order valence-corrected chi connectivity index (χ4v) is 4.94. The van der Waals surface area contributed by atoms with Gasteiger partial charge in [-0.2, -0.15) is 0 Å². The third-order valence-corrected chi connectivity index (χ3v) is 7.23. The van der Waals surface area contributed by atoms with Gasteiger partial charge in [0.1, 0.15) is 12.1 Å². The fourth-order valence-electron chi connectivity index (χ4n) is 4.94. The lowest BCUT2D eigenvalue weighted by atomic mass is 10.1. The van der Waals surface area contributed by atoms with Crippen molar-refractivity contribution in [2.75, 3.05) is 73.2 Å². The SMILES string of the molecule is COc1cc2c(Nc3ccc(/C=C/c4cc(OC)c(OC)c(OC)c4)cc3)ncnc2cc1OCCCN1CCOCC1. The van der Waals surface area contributed by atoms with Crippen LogP contribution in [0.4, 0.5) is 11.5 Å². The van der Waals surface area contributed by atoms with Gasteiger partial charge in [-0.25, -0.2) is 9.97 Å². The number of hydrogen-bond donors (Lipinski definition) is 1. The molecule has 5 rings (SSSR count). The normalized spacial score (nSPS) is 13.7. The van der Waals surface area contributed by atoms with Crippen molar-refractivity contribution in [2.45, 2.75) is 6.42 Å². The third kappa shape index (κ3) is 7.46. The lowest BCUT2D eigenvalue weighted by Gasteiger charge is -2.26. The molecule has 0 saturated carbocycles. The van der Waals surface area contributed by atoms with Gasteiger partial charge >= 0.3 is 0 Å². The zero-order chi connectivity index (χ0) is 30.0. The summed E-state index contributed by atoms with van der Waals surface area (Å²) in [6, 6.07) is 15.7. The Morgan fingerprint density at radius 1 is 0.791 bits per heavy atom. The van der Waals surface area contributed by atoms with Crippen LogP contribution >= 0.6 is 0 Å². The van der Waals surface area contributed by atoms with Gasteiger partial charge in [0.05, 0.1) is 53.8 Å². The van der Waals surface area contributed by atoms with Crippen LogP contribution in [-0.2, 0) is 4.74 Å². The highest BCUT2D eigenvalue weighted by molar-refractivity contribution is 5.93. The van der Waals surface area contributed by atoms with Crippen molar-refractivity contribution in [2.24, 2.45) is 0 Å². The summed E-state index contributed by atoms with van der Waals surface area (Å²) in [6.45, 7) is 5.12. The van der Waals surface area contributed by atoms with Crippen LogP contribution in [0.1, 0.15) is 17.5 Å². The maximum Gasteiger partial charge on any atom is 0.203 e. The Kier molecular flexibility index (Phi) is 10.1. The molecule has 0 radical (unpaired) electrons. The highest BCUT2D eigenvalue weighted by Gasteiger charge is 2.14. The number of methoxy groups -OCH3 is 4. The van der Waals surface area contributed by atoms with E-state index in [0.29, 0.717) is 41.2 Å². The Bertz CT molecular complexity index is 1510. The number of morpholine rings is 1. The van der Waals surface area contributed by atoms with Crippen molar-refractivity contribution >= 4 is 34.6 Å². The van der Waals surface area contributed by atoms with Gasteiger partial charge in [0.25, 0.3) is 0 Å². The number of anilines is 2. The topological polar surface area (TPSA) is 96.4 Å².